The van der Waals surface area contributed by atoms with E-state index in [4.69, 9.17) is 5.73 Å². The number of hydrogen-bond donors (Lipinski definition) is 2. The zero-order valence-electron chi connectivity index (χ0n) is 16.9. The highest BCUT2D eigenvalue weighted by Crippen LogP contribution is 2.18. The van der Waals surface area contributed by atoms with Crippen molar-refractivity contribution in [2.45, 2.75) is 19.9 Å². The van der Waals surface area contributed by atoms with E-state index < -0.39 is 5.69 Å². The summed E-state index contributed by atoms with van der Waals surface area (Å²) in [6, 6.07) is 17.3. The summed E-state index contributed by atoms with van der Waals surface area (Å²) in [5.41, 5.74) is 8.65. The number of imidazole rings is 1. The molecule has 4 rings (SSSR count). The highest BCUT2D eigenvalue weighted by molar-refractivity contribution is 6.05. The number of rotatable bonds is 5. The van der Waals surface area contributed by atoms with Gasteiger partial charge in [-0.1, -0.05) is 31.2 Å². The van der Waals surface area contributed by atoms with Crippen LogP contribution in [-0.4, -0.2) is 25.9 Å². The summed E-state index contributed by atoms with van der Waals surface area (Å²) in [7, 11) is 0. The molecule has 8 heteroatoms. The van der Waals surface area contributed by atoms with Crippen LogP contribution in [0.3, 0.4) is 0 Å². The van der Waals surface area contributed by atoms with Crippen molar-refractivity contribution in [3.63, 3.8) is 0 Å². The Morgan fingerprint density at radius 2 is 1.77 bits per heavy atom. The van der Waals surface area contributed by atoms with E-state index in [0.717, 1.165) is 10.1 Å². The van der Waals surface area contributed by atoms with E-state index >= 15 is 0 Å². The van der Waals surface area contributed by atoms with Crippen LogP contribution in [0.15, 0.2) is 71.7 Å². The SMILES string of the molecule is CCC(=O)n1c(=O)n(Cc2ccc(C(=O)Nc3ccccc3N)cc2)c2ncccc21. The van der Waals surface area contributed by atoms with Crippen molar-refractivity contribution in [2.24, 2.45) is 0 Å². The first-order valence-electron chi connectivity index (χ1n) is 9.84. The Labute approximate surface area is 177 Å². The van der Waals surface area contributed by atoms with Crippen molar-refractivity contribution in [3.05, 3.63) is 88.5 Å². The number of nitrogen functional groups attached to an aromatic ring is 1. The highest BCUT2D eigenvalue weighted by Gasteiger charge is 2.18. The molecule has 0 aliphatic rings. The van der Waals surface area contributed by atoms with Crippen LogP contribution in [0.5, 0.6) is 0 Å². The molecule has 3 N–H and O–H groups in total. The summed E-state index contributed by atoms with van der Waals surface area (Å²) >= 11 is 0. The number of nitrogens with two attached hydrogens (primary N) is 1. The van der Waals surface area contributed by atoms with Gasteiger partial charge in [-0.05, 0) is 42.0 Å². The lowest BCUT2D eigenvalue weighted by Crippen LogP contribution is -2.29. The predicted octanol–water partition coefficient (Wildman–Crippen LogP) is 3.13. The van der Waals surface area contributed by atoms with Crippen molar-refractivity contribution in [2.75, 3.05) is 11.1 Å². The van der Waals surface area contributed by atoms with E-state index in [9.17, 15) is 14.4 Å². The number of carbonyl (C=O) groups is 2. The maximum atomic E-state index is 12.9. The molecule has 0 unspecified atom stereocenters. The van der Waals surface area contributed by atoms with Gasteiger partial charge in [0.25, 0.3) is 5.91 Å². The van der Waals surface area contributed by atoms with Gasteiger partial charge in [-0.3, -0.25) is 14.2 Å². The van der Waals surface area contributed by atoms with Crippen LogP contribution in [0, 0.1) is 0 Å². The minimum atomic E-state index is -0.429. The number of nitrogens with zero attached hydrogens (tertiary/aromatic N) is 3. The van der Waals surface area contributed by atoms with E-state index in [1.54, 1.807) is 73.8 Å². The standard InChI is InChI=1S/C23H21N5O3/c1-2-20(29)28-19-8-5-13-25-21(19)27(23(28)31)14-15-9-11-16(12-10-15)22(30)26-18-7-4-3-6-17(18)24/h3-13H,2,14,24H2,1H3,(H,26,30). The van der Waals surface area contributed by atoms with E-state index in [1.165, 1.54) is 4.57 Å². The van der Waals surface area contributed by atoms with Crippen LogP contribution in [0.2, 0.25) is 0 Å². The van der Waals surface area contributed by atoms with Crippen LogP contribution in [0.25, 0.3) is 11.2 Å². The van der Waals surface area contributed by atoms with Crippen molar-refractivity contribution >= 4 is 34.4 Å². The molecule has 8 nitrogen and oxygen atoms in total. The summed E-state index contributed by atoms with van der Waals surface area (Å²) in [4.78, 5) is 42.0. The molecule has 0 fully saturated rings. The molecule has 0 radical (unpaired) electrons. The zero-order chi connectivity index (χ0) is 22.0. The molecule has 2 aromatic heterocycles. The third-order valence-corrected chi connectivity index (χ3v) is 5.00. The normalized spacial score (nSPS) is 10.9. The lowest BCUT2D eigenvalue weighted by molar-refractivity contribution is 0.0908. The molecule has 0 atom stereocenters. The maximum absolute atomic E-state index is 12.9. The van der Waals surface area contributed by atoms with Crippen LogP contribution in [-0.2, 0) is 6.54 Å². The number of amides is 1. The summed E-state index contributed by atoms with van der Waals surface area (Å²) in [5, 5.41) is 2.78. The molecule has 31 heavy (non-hydrogen) atoms. The number of para-hydroxylation sites is 2. The van der Waals surface area contributed by atoms with Gasteiger partial charge in [-0.15, -0.1) is 0 Å². The Balaban J connectivity index is 1.60. The fraction of sp³-hybridized carbons (Fsp3) is 0.130. The Hall–Kier alpha value is -4.20. The Morgan fingerprint density at radius 1 is 1.03 bits per heavy atom. The summed E-state index contributed by atoms with van der Waals surface area (Å²) in [5.74, 6) is -0.567. The van der Waals surface area contributed by atoms with Crippen molar-refractivity contribution in [1.82, 2.24) is 14.1 Å². The van der Waals surface area contributed by atoms with E-state index in [1.807, 2.05) is 0 Å². The number of nitrogens with one attached hydrogen (secondary N) is 1. The monoisotopic (exact) mass is 415 g/mol. The van der Waals surface area contributed by atoms with Crippen molar-refractivity contribution in [3.8, 4) is 0 Å². The first kappa shape index (κ1) is 20.1. The average Bonchev–Trinajstić information content (AvgIpc) is 3.06. The molecule has 156 valence electrons. The average molecular weight is 415 g/mol. The van der Waals surface area contributed by atoms with Crippen LogP contribution < -0.4 is 16.7 Å². The Morgan fingerprint density at radius 3 is 2.48 bits per heavy atom. The third kappa shape index (κ3) is 3.83. The summed E-state index contributed by atoms with van der Waals surface area (Å²) in [6.07, 6.45) is 1.80. The molecule has 1 amide bonds. The summed E-state index contributed by atoms with van der Waals surface area (Å²) in [6.45, 7) is 1.94. The maximum Gasteiger partial charge on any atom is 0.337 e. The summed E-state index contributed by atoms with van der Waals surface area (Å²) < 4.78 is 2.62. The van der Waals surface area contributed by atoms with Crippen molar-refractivity contribution in [1.29, 1.82) is 0 Å². The van der Waals surface area contributed by atoms with Gasteiger partial charge in [0.15, 0.2) is 5.65 Å². The number of aromatic nitrogens is 3. The van der Waals surface area contributed by atoms with Gasteiger partial charge in [0, 0.05) is 18.2 Å². The van der Waals surface area contributed by atoms with Gasteiger partial charge in [0.1, 0.15) is 0 Å². The Bertz CT molecular complexity index is 1340. The molecule has 2 heterocycles. The fourth-order valence-corrected chi connectivity index (χ4v) is 3.38. The van der Waals surface area contributed by atoms with E-state index in [0.29, 0.717) is 28.1 Å². The van der Waals surface area contributed by atoms with Crippen LogP contribution >= 0.6 is 0 Å². The number of fused-ring (bicyclic) bond motifs is 1. The second-order valence-electron chi connectivity index (χ2n) is 7.04. The second kappa shape index (κ2) is 8.27. The quantitative estimate of drug-likeness (QED) is 0.486. The first-order valence-corrected chi connectivity index (χ1v) is 9.84. The number of benzene rings is 2. The molecule has 0 aliphatic carbocycles. The lowest BCUT2D eigenvalue weighted by atomic mass is 10.1. The largest absolute Gasteiger partial charge is 0.397 e. The third-order valence-electron chi connectivity index (χ3n) is 5.00. The Kier molecular flexibility index (Phi) is 5.36. The topological polar surface area (TPSA) is 112 Å². The van der Waals surface area contributed by atoms with Crippen LogP contribution in [0.1, 0.15) is 34.1 Å². The second-order valence-corrected chi connectivity index (χ2v) is 7.04. The molecule has 0 spiro atoms. The van der Waals surface area contributed by atoms with Gasteiger partial charge >= 0.3 is 5.69 Å². The molecule has 2 aromatic carbocycles. The zero-order valence-corrected chi connectivity index (χ0v) is 16.9. The highest BCUT2D eigenvalue weighted by atomic mass is 16.2. The van der Waals surface area contributed by atoms with Gasteiger partial charge in [-0.2, -0.15) is 0 Å². The first-order chi connectivity index (χ1) is 15.0. The van der Waals surface area contributed by atoms with Crippen molar-refractivity contribution < 1.29 is 9.59 Å². The number of hydrogen-bond acceptors (Lipinski definition) is 5. The molecule has 4 aromatic rings. The van der Waals surface area contributed by atoms with Gasteiger partial charge in [-0.25, -0.2) is 14.3 Å². The number of anilines is 2. The van der Waals surface area contributed by atoms with Crippen LogP contribution in [0.4, 0.5) is 11.4 Å². The van der Waals surface area contributed by atoms with Gasteiger partial charge in [0.2, 0.25) is 5.91 Å². The van der Waals surface area contributed by atoms with E-state index in [-0.39, 0.29) is 24.8 Å². The molecule has 0 aliphatic heterocycles. The minimum absolute atomic E-state index is 0.212. The fourth-order valence-electron chi connectivity index (χ4n) is 3.38. The lowest BCUT2D eigenvalue weighted by Gasteiger charge is -2.09. The molecule has 0 saturated carbocycles. The minimum Gasteiger partial charge on any atom is -0.397 e. The predicted molar refractivity (Wildman–Crippen MR) is 119 cm³/mol. The molecular weight excluding hydrogens is 394 g/mol. The molecule has 0 saturated heterocycles. The number of carbonyl (C=O) groups excluding carboxylic acids is 2. The molecule has 0 bridgehead atoms. The van der Waals surface area contributed by atoms with Gasteiger partial charge < -0.3 is 11.1 Å². The number of pyridine rings is 1. The smallest absolute Gasteiger partial charge is 0.337 e. The molecular formula is C23H21N5O3. The van der Waals surface area contributed by atoms with Gasteiger partial charge in [0.05, 0.1) is 23.4 Å². The van der Waals surface area contributed by atoms with E-state index in [2.05, 4.69) is 10.3 Å².